The van der Waals surface area contributed by atoms with Crippen molar-refractivity contribution in [2.24, 2.45) is 0 Å². The van der Waals surface area contributed by atoms with Crippen LogP contribution in [0, 0.1) is 0 Å². The number of rotatable bonds is 8. The molecule has 1 heterocycles. The quantitative estimate of drug-likeness (QED) is 0.521. The maximum Gasteiger partial charge on any atom is 0.341 e. The fourth-order valence-corrected chi connectivity index (χ4v) is 3.54. The van der Waals surface area contributed by atoms with Crippen LogP contribution in [0.1, 0.15) is 17.3 Å². The number of carbonyl (C=O) groups is 2. The first kappa shape index (κ1) is 22.2. The van der Waals surface area contributed by atoms with E-state index in [1.165, 1.54) is 32.9 Å². The van der Waals surface area contributed by atoms with Gasteiger partial charge in [0.05, 0.1) is 25.5 Å². The van der Waals surface area contributed by atoms with Crippen LogP contribution in [0.3, 0.4) is 0 Å². The Morgan fingerprint density at radius 3 is 2.48 bits per heavy atom. The lowest BCUT2D eigenvalue weighted by atomic mass is 10.2. The molecule has 0 fully saturated rings. The van der Waals surface area contributed by atoms with Crippen molar-refractivity contribution < 1.29 is 23.8 Å². The lowest BCUT2D eigenvalue weighted by molar-refractivity contribution is -0.123. The fourth-order valence-electron chi connectivity index (χ4n) is 2.65. The SMILES string of the molecule is COc1ccc(OC)c(NC(=O)C(C)OC(=O)c2cccnc2Sc2ccccc2)c1. The zero-order valence-corrected chi connectivity index (χ0v) is 18.1. The first-order chi connectivity index (χ1) is 15.0. The van der Waals surface area contributed by atoms with Crippen molar-refractivity contribution in [1.29, 1.82) is 0 Å². The molecule has 0 aliphatic carbocycles. The smallest absolute Gasteiger partial charge is 0.341 e. The Balaban J connectivity index is 1.70. The molecule has 160 valence electrons. The molecule has 1 atom stereocenters. The van der Waals surface area contributed by atoms with Gasteiger partial charge in [-0.2, -0.15) is 0 Å². The van der Waals surface area contributed by atoms with E-state index in [1.807, 2.05) is 30.3 Å². The summed E-state index contributed by atoms with van der Waals surface area (Å²) in [7, 11) is 3.02. The van der Waals surface area contributed by atoms with Gasteiger partial charge >= 0.3 is 5.97 Å². The summed E-state index contributed by atoms with van der Waals surface area (Å²) in [5.74, 6) is -0.118. The van der Waals surface area contributed by atoms with Gasteiger partial charge in [-0.25, -0.2) is 9.78 Å². The van der Waals surface area contributed by atoms with Crippen LogP contribution < -0.4 is 14.8 Å². The monoisotopic (exact) mass is 438 g/mol. The van der Waals surface area contributed by atoms with Crippen LogP contribution in [0.4, 0.5) is 5.69 Å². The van der Waals surface area contributed by atoms with Gasteiger partial charge in [0.1, 0.15) is 16.5 Å². The normalized spacial score (nSPS) is 11.3. The van der Waals surface area contributed by atoms with Crippen molar-refractivity contribution in [2.75, 3.05) is 19.5 Å². The number of ether oxygens (including phenoxy) is 3. The highest BCUT2D eigenvalue weighted by Gasteiger charge is 2.23. The third-order valence-electron chi connectivity index (χ3n) is 4.27. The molecule has 0 saturated carbocycles. The summed E-state index contributed by atoms with van der Waals surface area (Å²) < 4.78 is 15.8. The third-order valence-corrected chi connectivity index (χ3v) is 5.29. The van der Waals surface area contributed by atoms with E-state index in [0.29, 0.717) is 22.2 Å². The molecular formula is C23H22N2O5S. The highest BCUT2D eigenvalue weighted by atomic mass is 32.2. The molecule has 2 aromatic carbocycles. The Morgan fingerprint density at radius 2 is 1.77 bits per heavy atom. The van der Waals surface area contributed by atoms with Crippen LogP contribution in [-0.2, 0) is 9.53 Å². The first-order valence-electron chi connectivity index (χ1n) is 9.43. The van der Waals surface area contributed by atoms with Gasteiger partial charge in [0.2, 0.25) is 0 Å². The predicted molar refractivity (Wildman–Crippen MR) is 118 cm³/mol. The summed E-state index contributed by atoms with van der Waals surface area (Å²) in [6, 6.07) is 17.9. The average Bonchev–Trinajstić information content (AvgIpc) is 2.79. The van der Waals surface area contributed by atoms with Gasteiger partial charge in [-0.1, -0.05) is 30.0 Å². The Labute approximate surface area is 184 Å². The highest BCUT2D eigenvalue weighted by molar-refractivity contribution is 7.99. The molecule has 1 amide bonds. The standard InChI is InChI=1S/C23H22N2O5S/c1-15(21(26)25-19-14-16(28-2)11-12-20(19)29-3)30-23(27)18-10-7-13-24-22(18)31-17-8-5-4-6-9-17/h4-15H,1-3H3,(H,25,26). The molecule has 31 heavy (non-hydrogen) atoms. The molecular weight excluding hydrogens is 416 g/mol. The van der Waals surface area contributed by atoms with Gasteiger partial charge in [0, 0.05) is 17.2 Å². The molecule has 3 aromatic rings. The number of aromatic nitrogens is 1. The van der Waals surface area contributed by atoms with Crippen molar-refractivity contribution in [3.8, 4) is 11.5 Å². The minimum atomic E-state index is -1.04. The summed E-state index contributed by atoms with van der Waals surface area (Å²) >= 11 is 1.35. The molecule has 8 heteroatoms. The van der Waals surface area contributed by atoms with Gasteiger partial charge in [-0.15, -0.1) is 0 Å². The number of carbonyl (C=O) groups excluding carboxylic acids is 2. The Morgan fingerprint density at radius 1 is 1.00 bits per heavy atom. The molecule has 3 rings (SSSR count). The van der Waals surface area contributed by atoms with Gasteiger partial charge in [-0.05, 0) is 43.3 Å². The lowest BCUT2D eigenvalue weighted by Gasteiger charge is -2.16. The first-order valence-corrected chi connectivity index (χ1v) is 10.2. The number of nitrogens with zero attached hydrogens (tertiary/aromatic N) is 1. The maximum absolute atomic E-state index is 12.7. The Hall–Kier alpha value is -3.52. The van der Waals surface area contributed by atoms with Gasteiger partial charge in [0.15, 0.2) is 6.10 Å². The van der Waals surface area contributed by atoms with Crippen molar-refractivity contribution in [1.82, 2.24) is 4.98 Å². The second kappa shape index (κ2) is 10.5. The third kappa shape index (κ3) is 5.76. The second-order valence-electron chi connectivity index (χ2n) is 6.37. The minimum Gasteiger partial charge on any atom is -0.497 e. The highest BCUT2D eigenvalue weighted by Crippen LogP contribution is 2.30. The van der Waals surface area contributed by atoms with E-state index in [2.05, 4.69) is 10.3 Å². The van der Waals surface area contributed by atoms with Gasteiger partial charge < -0.3 is 19.5 Å². The number of nitrogens with one attached hydrogen (secondary N) is 1. The van der Waals surface area contributed by atoms with Crippen molar-refractivity contribution in [3.63, 3.8) is 0 Å². The number of hydrogen-bond donors (Lipinski definition) is 1. The summed E-state index contributed by atoms with van der Waals surface area (Å²) in [6.45, 7) is 1.50. The van der Waals surface area contributed by atoms with Crippen LogP contribution >= 0.6 is 11.8 Å². The van der Waals surface area contributed by atoms with Crippen LogP contribution in [0.2, 0.25) is 0 Å². The van der Waals surface area contributed by atoms with E-state index in [4.69, 9.17) is 14.2 Å². The maximum atomic E-state index is 12.7. The molecule has 7 nitrogen and oxygen atoms in total. The van der Waals surface area contributed by atoms with Crippen molar-refractivity contribution in [3.05, 3.63) is 72.4 Å². The molecule has 0 saturated heterocycles. The van der Waals surface area contributed by atoms with Crippen molar-refractivity contribution >= 4 is 29.3 Å². The molecule has 0 spiro atoms. The largest absolute Gasteiger partial charge is 0.497 e. The lowest BCUT2D eigenvalue weighted by Crippen LogP contribution is -2.30. The number of benzene rings is 2. The zero-order valence-electron chi connectivity index (χ0n) is 17.3. The molecule has 1 unspecified atom stereocenters. The van der Waals surface area contributed by atoms with Crippen molar-refractivity contribution in [2.45, 2.75) is 22.9 Å². The van der Waals surface area contributed by atoms with Crippen LogP contribution in [0.15, 0.2) is 76.8 Å². The summed E-state index contributed by atoms with van der Waals surface area (Å²) in [5, 5.41) is 3.21. The number of methoxy groups -OCH3 is 2. The van der Waals surface area contributed by atoms with Crippen LogP contribution in [0.5, 0.6) is 11.5 Å². The number of anilines is 1. The van der Waals surface area contributed by atoms with E-state index >= 15 is 0 Å². The average molecular weight is 439 g/mol. The number of esters is 1. The fraction of sp³-hybridized carbons (Fsp3) is 0.174. The van der Waals surface area contributed by atoms with E-state index in [0.717, 1.165) is 4.90 Å². The molecule has 0 aliphatic heterocycles. The second-order valence-corrected chi connectivity index (χ2v) is 7.44. The van der Waals surface area contributed by atoms with E-state index in [1.54, 1.807) is 36.5 Å². The van der Waals surface area contributed by atoms with Crippen LogP contribution in [-0.4, -0.2) is 37.2 Å². The molecule has 0 aliphatic rings. The topological polar surface area (TPSA) is 86.8 Å². The minimum absolute atomic E-state index is 0.287. The summed E-state index contributed by atoms with van der Waals surface area (Å²) in [6.07, 6.45) is 0.561. The molecule has 0 bridgehead atoms. The summed E-state index contributed by atoms with van der Waals surface area (Å²) in [4.78, 5) is 30.6. The summed E-state index contributed by atoms with van der Waals surface area (Å²) in [5.41, 5.74) is 0.700. The number of amides is 1. The van der Waals surface area contributed by atoms with E-state index in [-0.39, 0.29) is 5.56 Å². The number of pyridine rings is 1. The zero-order chi connectivity index (χ0) is 22.2. The molecule has 1 N–H and O–H groups in total. The number of hydrogen-bond acceptors (Lipinski definition) is 7. The molecule has 0 radical (unpaired) electrons. The Kier molecular flexibility index (Phi) is 7.50. The molecule has 1 aromatic heterocycles. The van der Waals surface area contributed by atoms with Crippen LogP contribution in [0.25, 0.3) is 0 Å². The van der Waals surface area contributed by atoms with E-state index in [9.17, 15) is 9.59 Å². The Bertz CT molecular complexity index is 1060. The van der Waals surface area contributed by atoms with Gasteiger partial charge in [0.25, 0.3) is 5.91 Å². The predicted octanol–water partition coefficient (Wildman–Crippen LogP) is 4.43. The van der Waals surface area contributed by atoms with E-state index < -0.39 is 18.0 Å². The van der Waals surface area contributed by atoms with Gasteiger partial charge in [-0.3, -0.25) is 4.79 Å².